The first-order chi connectivity index (χ1) is 13.9. The van der Waals surface area contributed by atoms with Crippen LogP contribution in [0.5, 0.6) is 11.5 Å². The second-order valence-corrected chi connectivity index (χ2v) is 7.15. The second-order valence-electron chi connectivity index (χ2n) is 6.75. The topological polar surface area (TPSA) is 111 Å². The third-order valence-electron chi connectivity index (χ3n) is 4.83. The normalized spacial score (nSPS) is 17.5. The Kier molecular flexibility index (Phi) is 4.98. The average Bonchev–Trinajstić information content (AvgIpc) is 3.31. The molecule has 2 aromatic rings. The number of carbonyl (C=O) groups is 2. The van der Waals surface area contributed by atoms with Crippen LogP contribution in [0.3, 0.4) is 0 Å². The van der Waals surface area contributed by atoms with Crippen molar-refractivity contribution in [2.75, 3.05) is 24.8 Å². The number of ether oxygens (including phenoxy) is 2. The predicted octanol–water partition coefficient (Wildman–Crippen LogP) is 2.76. The van der Waals surface area contributed by atoms with Crippen LogP contribution >= 0.6 is 11.6 Å². The number of hydrogen-bond donors (Lipinski definition) is 1. The molecule has 150 valence electrons. The molecule has 2 amide bonds. The molecule has 10 heteroatoms. The van der Waals surface area contributed by atoms with Gasteiger partial charge in [-0.05, 0) is 24.3 Å². The van der Waals surface area contributed by atoms with E-state index in [2.05, 4.69) is 5.32 Å². The zero-order valence-corrected chi connectivity index (χ0v) is 15.8. The second kappa shape index (κ2) is 7.59. The molecule has 2 aromatic carbocycles. The minimum Gasteiger partial charge on any atom is -0.454 e. The van der Waals surface area contributed by atoms with Gasteiger partial charge >= 0.3 is 0 Å². The van der Waals surface area contributed by atoms with Crippen molar-refractivity contribution in [1.82, 2.24) is 5.32 Å². The number of nitro benzene ring substituents is 1. The molecule has 1 fully saturated rings. The molecule has 1 atom stereocenters. The molecule has 0 radical (unpaired) electrons. The first-order valence-electron chi connectivity index (χ1n) is 8.84. The minimum atomic E-state index is -0.641. The van der Waals surface area contributed by atoms with Gasteiger partial charge in [-0.2, -0.15) is 0 Å². The molecule has 0 saturated carbocycles. The highest BCUT2D eigenvalue weighted by atomic mass is 35.5. The highest BCUT2D eigenvalue weighted by molar-refractivity contribution is 6.32. The van der Waals surface area contributed by atoms with Crippen molar-refractivity contribution in [2.24, 2.45) is 5.92 Å². The van der Waals surface area contributed by atoms with E-state index in [4.69, 9.17) is 21.1 Å². The van der Waals surface area contributed by atoms with Gasteiger partial charge in [0, 0.05) is 48.8 Å². The number of nitrogens with one attached hydrogen (secondary N) is 1. The molecule has 4 rings (SSSR count). The number of carbonyl (C=O) groups excluding carboxylic acids is 2. The van der Waals surface area contributed by atoms with Gasteiger partial charge < -0.3 is 19.7 Å². The SMILES string of the molecule is O=C(NCC1CC(=O)N(c2ccc3c(c2)OCO3)C1)c1ccc(Cl)c([N+](=O)[O-])c1. The summed E-state index contributed by atoms with van der Waals surface area (Å²) in [6.45, 7) is 0.867. The lowest BCUT2D eigenvalue weighted by molar-refractivity contribution is -0.384. The summed E-state index contributed by atoms with van der Waals surface area (Å²) in [5.74, 6) is 0.640. The number of amides is 2. The smallest absolute Gasteiger partial charge is 0.288 e. The number of rotatable bonds is 5. The lowest BCUT2D eigenvalue weighted by atomic mass is 10.1. The summed E-state index contributed by atoms with van der Waals surface area (Å²) in [6, 6.07) is 9.18. The largest absolute Gasteiger partial charge is 0.454 e. The van der Waals surface area contributed by atoms with Crippen LogP contribution in [-0.4, -0.2) is 36.6 Å². The van der Waals surface area contributed by atoms with Crippen molar-refractivity contribution in [3.63, 3.8) is 0 Å². The van der Waals surface area contributed by atoms with Crippen LogP contribution in [0.15, 0.2) is 36.4 Å². The van der Waals surface area contributed by atoms with Crippen LogP contribution in [0.2, 0.25) is 5.02 Å². The molecule has 0 aromatic heterocycles. The summed E-state index contributed by atoms with van der Waals surface area (Å²) in [5, 5.41) is 13.7. The number of hydrogen-bond acceptors (Lipinski definition) is 6. The Labute approximate surface area is 170 Å². The predicted molar refractivity (Wildman–Crippen MR) is 103 cm³/mol. The van der Waals surface area contributed by atoms with E-state index >= 15 is 0 Å². The Morgan fingerprint density at radius 3 is 2.83 bits per heavy atom. The van der Waals surface area contributed by atoms with E-state index in [1.165, 1.54) is 12.1 Å². The zero-order valence-electron chi connectivity index (χ0n) is 15.1. The maximum atomic E-state index is 12.4. The molecule has 0 aliphatic carbocycles. The summed E-state index contributed by atoms with van der Waals surface area (Å²) >= 11 is 5.77. The van der Waals surface area contributed by atoms with Gasteiger partial charge in [-0.1, -0.05) is 11.6 Å². The van der Waals surface area contributed by atoms with E-state index < -0.39 is 10.8 Å². The summed E-state index contributed by atoms with van der Waals surface area (Å²) in [5.41, 5.74) is 0.517. The van der Waals surface area contributed by atoms with Crippen LogP contribution in [-0.2, 0) is 4.79 Å². The fourth-order valence-corrected chi connectivity index (χ4v) is 3.54. The van der Waals surface area contributed by atoms with E-state index in [-0.39, 0.29) is 47.9 Å². The maximum Gasteiger partial charge on any atom is 0.288 e. The van der Waals surface area contributed by atoms with Crippen molar-refractivity contribution in [2.45, 2.75) is 6.42 Å². The molecule has 1 unspecified atom stereocenters. The highest BCUT2D eigenvalue weighted by Gasteiger charge is 2.32. The van der Waals surface area contributed by atoms with Crippen LogP contribution in [0.25, 0.3) is 0 Å². The molecule has 2 aliphatic heterocycles. The molecule has 0 bridgehead atoms. The number of anilines is 1. The molecule has 1 saturated heterocycles. The van der Waals surface area contributed by atoms with Gasteiger partial charge in [0.1, 0.15) is 5.02 Å². The quantitative estimate of drug-likeness (QED) is 0.591. The lowest BCUT2D eigenvalue weighted by Gasteiger charge is -2.17. The Morgan fingerprint density at radius 2 is 2.03 bits per heavy atom. The summed E-state index contributed by atoms with van der Waals surface area (Å²) in [4.78, 5) is 36.7. The molecule has 2 aliphatic rings. The maximum absolute atomic E-state index is 12.4. The highest BCUT2D eigenvalue weighted by Crippen LogP contribution is 2.37. The first-order valence-corrected chi connectivity index (χ1v) is 9.22. The standard InChI is InChI=1S/C19H16ClN3O6/c20-14-3-1-12(6-15(14)23(26)27)19(25)21-8-11-5-18(24)22(9-11)13-2-4-16-17(7-13)29-10-28-16/h1-4,6-7,11H,5,8-10H2,(H,21,25). The molecule has 9 nitrogen and oxygen atoms in total. The lowest BCUT2D eigenvalue weighted by Crippen LogP contribution is -2.31. The van der Waals surface area contributed by atoms with E-state index in [1.54, 1.807) is 23.1 Å². The molecular weight excluding hydrogens is 402 g/mol. The van der Waals surface area contributed by atoms with E-state index in [9.17, 15) is 19.7 Å². The van der Waals surface area contributed by atoms with Crippen molar-refractivity contribution in [3.05, 3.63) is 57.1 Å². The molecule has 0 spiro atoms. The zero-order chi connectivity index (χ0) is 20.5. The molecule has 1 N–H and O–H groups in total. The summed E-state index contributed by atoms with van der Waals surface area (Å²) in [6.07, 6.45) is 0.287. The molecular formula is C19H16ClN3O6. The Bertz CT molecular complexity index is 1010. The minimum absolute atomic E-state index is 0.0349. The van der Waals surface area contributed by atoms with E-state index in [1.807, 2.05) is 0 Å². The van der Waals surface area contributed by atoms with Gasteiger partial charge in [0.2, 0.25) is 12.7 Å². The first kappa shape index (κ1) is 19.0. The number of benzene rings is 2. The molecule has 2 heterocycles. The number of fused-ring (bicyclic) bond motifs is 1. The third kappa shape index (κ3) is 3.81. The van der Waals surface area contributed by atoms with Gasteiger partial charge in [0.05, 0.1) is 4.92 Å². The van der Waals surface area contributed by atoms with Gasteiger partial charge in [-0.15, -0.1) is 0 Å². The summed E-state index contributed by atoms with van der Waals surface area (Å²) in [7, 11) is 0. The van der Waals surface area contributed by atoms with Crippen LogP contribution in [0, 0.1) is 16.0 Å². The van der Waals surface area contributed by atoms with Crippen LogP contribution in [0.4, 0.5) is 11.4 Å². The van der Waals surface area contributed by atoms with Crippen molar-refractivity contribution in [3.8, 4) is 11.5 Å². The Morgan fingerprint density at radius 1 is 1.24 bits per heavy atom. The average molecular weight is 418 g/mol. The van der Waals surface area contributed by atoms with Gasteiger partial charge in [0.25, 0.3) is 11.6 Å². The fraction of sp³-hybridized carbons (Fsp3) is 0.263. The van der Waals surface area contributed by atoms with Gasteiger partial charge in [0.15, 0.2) is 11.5 Å². The van der Waals surface area contributed by atoms with Crippen molar-refractivity contribution in [1.29, 1.82) is 0 Å². The summed E-state index contributed by atoms with van der Waals surface area (Å²) < 4.78 is 10.6. The third-order valence-corrected chi connectivity index (χ3v) is 5.15. The van der Waals surface area contributed by atoms with Crippen molar-refractivity contribution < 1.29 is 24.0 Å². The van der Waals surface area contributed by atoms with Crippen LogP contribution < -0.4 is 19.7 Å². The molecule has 29 heavy (non-hydrogen) atoms. The van der Waals surface area contributed by atoms with Crippen molar-refractivity contribution >= 4 is 34.8 Å². The van der Waals surface area contributed by atoms with Gasteiger partial charge in [-0.3, -0.25) is 19.7 Å². The number of nitrogens with zero attached hydrogens (tertiary/aromatic N) is 2. The van der Waals surface area contributed by atoms with E-state index in [0.717, 1.165) is 6.07 Å². The fourth-order valence-electron chi connectivity index (χ4n) is 3.35. The number of nitro groups is 1. The van der Waals surface area contributed by atoms with E-state index in [0.29, 0.717) is 23.7 Å². The Balaban J connectivity index is 1.39. The number of halogens is 1. The Hall–Kier alpha value is -3.33. The monoisotopic (exact) mass is 417 g/mol. The van der Waals surface area contributed by atoms with Gasteiger partial charge in [-0.25, -0.2) is 0 Å². The van der Waals surface area contributed by atoms with Crippen LogP contribution in [0.1, 0.15) is 16.8 Å².